The molecule has 0 unspecified atom stereocenters. The summed E-state index contributed by atoms with van der Waals surface area (Å²) < 4.78 is 0. The van der Waals surface area contributed by atoms with Gasteiger partial charge in [-0.1, -0.05) is 66.0 Å². The Morgan fingerprint density at radius 1 is 0.917 bits per heavy atom. The fourth-order valence-corrected chi connectivity index (χ4v) is 4.97. The van der Waals surface area contributed by atoms with Crippen molar-refractivity contribution in [3.05, 3.63) is 0 Å². The van der Waals surface area contributed by atoms with Crippen molar-refractivity contribution in [3.63, 3.8) is 0 Å². The van der Waals surface area contributed by atoms with Crippen molar-refractivity contribution >= 4 is 8.80 Å². The Morgan fingerprint density at radius 2 is 1.33 bits per heavy atom. The molecule has 0 aromatic heterocycles. The van der Waals surface area contributed by atoms with Gasteiger partial charge in [0.1, 0.15) is 0 Å². The lowest BCUT2D eigenvalue weighted by Crippen LogP contribution is -2.26. The molecule has 73 valence electrons. The predicted octanol–water partition coefficient (Wildman–Crippen LogP) is 4.49. The monoisotopic (exact) mass is 185 g/mol. The Balaban J connectivity index is 4.07. The van der Waals surface area contributed by atoms with Gasteiger partial charge in [0.05, 0.1) is 8.80 Å². The first-order chi connectivity index (χ1) is 5.58. The van der Waals surface area contributed by atoms with Gasteiger partial charge in [0.15, 0.2) is 0 Å². The van der Waals surface area contributed by atoms with E-state index < -0.39 is 0 Å². The quantitative estimate of drug-likeness (QED) is 0.535. The van der Waals surface area contributed by atoms with Gasteiger partial charge in [-0.25, -0.2) is 0 Å². The summed E-state index contributed by atoms with van der Waals surface area (Å²) in [4.78, 5) is 0. The Hall–Kier alpha value is 0.217. The first-order valence-corrected chi connectivity index (χ1v) is 7.35. The lowest BCUT2D eigenvalue weighted by Gasteiger charge is -2.31. The largest absolute Gasteiger partial charge is 0.0657 e. The van der Waals surface area contributed by atoms with Crippen molar-refractivity contribution in [2.24, 2.45) is 0 Å². The average Bonchev–Trinajstić information content (AvgIpc) is 2.04. The molecule has 0 saturated carbocycles. The third-order valence-electron chi connectivity index (χ3n) is 2.94. The minimum atomic E-state index is -0.0736. The molecular weight excluding hydrogens is 160 g/mol. The highest BCUT2D eigenvalue weighted by molar-refractivity contribution is 6.62. The van der Waals surface area contributed by atoms with Gasteiger partial charge in [-0.3, -0.25) is 0 Å². The van der Waals surface area contributed by atoms with Crippen LogP contribution in [0.15, 0.2) is 0 Å². The second kappa shape index (κ2) is 5.79. The molecule has 0 nitrogen and oxygen atoms in total. The van der Waals surface area contributed by atoms with Crippen molar-refractivity contribution < 1.29 is 0 Å². The Labute approximate surface area is 80.4 Å². The van der Waals surface area contributed by atoms with Crippen LogP contribution in [0, 0.1) is 0 Å². The molecule has 0 aliphatic carbocycles. The summed E-state index contributed by atoms with van der Waals surface area (Å²) in [6.07, 6.45) is 4.14. The third-order valence-corrected chi connectivity index (χ3v) is 7.42. The molecule has 0 amide bonds. The molecule has 1 heteroatoms. The molecule has 0 aromatic carbocycles. The highest BCUT2D eigenvalue weighted by Gasteiger charge is 2.27. The topological polar surface area (TPSA) is 0 Å². The lowest BCUT2D eigenvalue weighted by molar-refractivity contribution is 0.620. The maximum atomic E-state index is 2.46. The molecule has 0 rings (SSSR count). The van der Waals surface area contributed by atoms with Gasteiger partial charge < -0.3 is 0 Å². The predicted molar refractivity (Wildman–Crippen MR) is 60.3 cm³/mol. The van der Waals surface area contributed by atoms with E-state index in [2.05, 4.69) is 34.6 Å². The fraction of sp³-hybridized carbons (Fsp3) is 1.00. The third kappa shape index (κ3) is 3.75. The smallest absolute Gasteiger partial charge is 0.0539 e. The molecule has 0 saturated heterocycles. The minimum absolute atomic E-state index is 0.0736. The molecule has 0 heterocycles. The van der Waals surface area contributed by atoms with Gasteiger partial charge in [-0.2, -0.15) is 0 Å². The molecule has 0 N–H and O–H groups in total. The fourth-order valence-electron chi connectivity index (χ4n) is 1.66. The zero-order valence-electron chi connectivity index (χ0n) is 9.54. The normalized spacial score (nSPS) is 12.5. The van der Waals surface area contributed by atoms with Crippen LogP contribution in [0.25, 0.3) is 0 Å². The molecule has 0 atom stereocenters. The van der Waals surface area contributed by atoms with E-state index in [9.17, 15) is 0 Å². The molecule has 0 spiro atoms. The van der Waals surface area contributed by atoms with Crippen LogP contribution in [0.2, 0.25) is 17.1 Å². The van der Waals surface area contributed by atoms with E-state index >= 15 is 0 Å². The van der Waals surface area contributed by atoms with Crippen LogP contribution in [0.3, 0.4) is 0 Å². The van der Waals surface area contributed by atoms with E-state index in [1.165, 1.54) is 31.4 Å². The first-order valence-electron chi connectivity index (χ1n) is 5.43. The van der Waals surface area contributed by atoms with E-state index in [4.69, 9.17) is 0 Å². The second-order valence-corrected chi connectivity index (χ2v) is 7.90. The van der Waals surface area contributed by atoms with Crippen LogP contribution in [-0.2, 0) is 0 Å². The van der Waals surface area contributed by atoms with Crippen molar-refractivity contribution in [2.75, 3.05) is 0 Å². The van der Waals surface area contributed by atoms with Gasteiger partial charge in [-0.05, 0) is 5.04 Å². The Morgan fingerprint density at radius 3 is 1.58 bits per heavy atom. The van der Waals surface area contributed by atoms with Crippen LogP contribution >= 0.6 is 0 Å². The molecule has 0 bridgehead atoms. The zero-order valence-corrected chi connectivity index (χ0v) is 10.5. The van der Waals surface area contributed by atoms with E-state index in [1.807, 2.05) is 0 Å². The van der Waals surface area contributed by atoms with Crippen molar-refractivity contribution in [2.45, 2.75) is 71.0 Å². The SMILES string of the molecule is CCC[Si](CCC)C(C)(C)CC. The maximum absolute atomic E-state index is 2.46. The summed E-state index contributed by atoms with van der Waals surface area (Å²) in [6, 6.07) is 3.03. The van der Waals surface area contributed by atoms with Gasteiger partial charge in [0.25, 0.3) is 0 Å². The summed E-state index contributed by atoms with van der Waals surface area (Å²) in [5.41, 5.74) is 0. The van der Waals surface area contributed by atoms with Gasteiger partial charge in [0, 0.05) is 0 Å². The Bertz CT molecular complexity index is 102. The van der Waals surface area contributed by atoms with Crippen molar-refractivity contribution in [3.8, 4) is 0 Å². The molecule has 12 heavy (non-hydrogen) atoms. The van der Waals surface area contributed by atoms with E-state index in [0.717, 1.165) is 0 Å². The van der Waals surface area contributed by atoms with Crippen LogP contribution in [0.4, 0.5) is 0 Å². The Kier molecular flexibility index (Phi) is 5.90. The van der Waals surface area contributed by atoms with Gasteiger partial charge in [0.2, 0.25) is 0 Å². The second-order valence-electron chi connectivity index (χ2n) is 4.34. The summed E-state index contributed by atoms with van der Waals surface area (Å²) >= 11 is 0. The summed E-state index contributed by atoms with van der Waals surface area (Å²) in [5, 5.41) is 0.663. The van der Waals surface area contributed by atoms with E-state index in [-0.39, 0.29) is 8.80 Å². The number of hydrogen-bond acceptors (Lipinski definition) is 0. The summed E-state index contributed by atoms with van der Waals surface area (Å²) in [7, 11) is -0.0736. The first kappa shape index (κ1) is 12.2. The number of hydrogen-bond donors (Lipinski definition) is 0. The van der Waals surface area contributed by atoms with Crippen LogP contribution in [-0.4, -0.2) is 8.80 Å². The highest BCUT2D eigenvalue weighted by atomic mass is 28.3. The van der Waals surface area contributed by atoms with Crippen LogP contribution < -0.4 is 0 Å². The zero-order chi connectivity index (χ0) is 9.61. The molecule has 0 aromatic rings. The van der Waals surface area contributed by atoms with Gasteiger partial charge in [-0.15, -0.1) is 0 Å². The number of rotatable bonds is 6. The molecular formula is C11H25Si. The summed E-state index contributed by atoms with van der Waals surface area (Å²) in [5.74, 6) is 0. The maximum Gasteiger partial charge on any atom is 0.0539 e. The molecule has 0 aliphatic rings. The van der Waals surface area contributed by atoms with Crippen LogP contribution in [0.1, 0.15) is 53.9 Å². The van der Waals surface area contributed by atoms with Crippen LogP contribution in [0.5, 0.6) is 0 Å². The standard InChI is InChI=1S/C11H25Si/c1-6-9-12(10-7-2)11(4,5)8-3/h6-10H2,1-5H3. The average molecular weight is 185 g/mol. The molecule has 0 fully saturated rings. The minimum Gasteiger partial charge on any atom is -0.0657 e. The molecule has 1 radical (unpaired) electrons. The lowest BCUT2D eigenvalue weighted by atomic mass is 10.1. The summed E-state index contributed by atoms with van der Waals surface area (Å²) in [6.45, 7) is 11.9. The molecule has 0 aliphatic heterocycles. The van der Waals surface area contributed by atoms with Crippen molar-refractivity contribution in [1.29, 1.82) is 0 Å². The van der Waals surface area contributed by atoms with E-state index in [0.29, 0.717) is 5.04 Å². The van der Waals surface area contributed by atoms with Gasteiger partial charge >= 0.3 is 0 Å². The van der Waals surface area contributed by atoms with Crippen molar-refractivity contribution in [1.82, 2.24) is 0 Å². The van der Waals surface area contributed by atoms with E-state index in [1.54, 1.807) is 0 Å². The highest BCUT2D eigenvalue weighted by Crippen LogP contribution is 2.37.